The minimum Gasteiger partial charge on any atom is -0.383 e. The van der Waals surface area contributed by atoms with E-state index in [0.29, 0.717) is 25.0 Å². The summed E-state index contributed by atoms with van der Waals surface area (Å²) in [6, 6.07) is -0.0506. The van der Waals surface area contributed by atoms with Crippen LogP contribution in [0.25, 0.3) is 0 Å². The summed E-state index contributed by atoms with van der Waals surface area (Å²) in [7, 11) is -0.226. The van der Waals surface area contributed by atoms with Gasteiger partial charge in [-0.15, -0.1) is 0 Å². The van der Waals surface area contributed by atoms with Crippen LogP contribution in [-0.2, 0) is 14.9 Å². The lowest BCUT2D eigenvalue weighted by Gasteiger charge is -2.29. The summed E-state index contributed by atoms with van der Waals surface area (Å²) in [5.74, 6) is 0. The van der Waals surface area contributed by atoms with E-state index in [1.807, 2.05) is 13.8 Å². The maximum Gasteiger partial charge on any atom is 0.282 e. The van der Waals surface area contributed by atoms with Crippen LogP contribution in [0, 0.1) is 0 Å². The Morgan fingerprint density at radius 2 is 1.88 bits per heavy atom. The first-order valence-electron chi connectivity index (χ1n) is 5.16. The molecular formula is C9H21BrN2O3S. The molecule has 98 valence electrons. The molecule has 0 fully saturated rings. The maximum atomic E-state index is 12.1. The summed E-state index contributed by atoms with van der Waals surface area (Å²) >= 11 is 3.26. The first kappa shape index (κ1) is 16.3. The highest BCUT2D eigenvalue weighted by molar-refractivity contribution is 9.09. The van der Waals surface area contributed by atoms with Gasteiger partial charge in [-0.2, -0.15) is 17.0 Å². The van der Waals surface area contributed by atoms with E-state index in [1.165, 1.54) is 8.61 Å². The van der Waals surface area contributed by atoms with Gasteiger partial charge in [0.2, 0.25) is 0 Å². The molecule has 0 rings (SSSR count). The van der Waals surface area contributed by atoms with Crippen LogP contribution >= 0.6 is 15.9 Å². The molecular weight excluding hydrogens is 296 g/mol. The predicted octanol–water partition coefficient (Wildman–Crippen LogP) is 0.915. The van der Waals surface area contributed by atoms with Crippen LogP contribution in [0.3, 0.4) is 0 Å². The zero-order valence-electron chi connectivity index (χ0n) is 10.3. The van der Waals surface area contributed by atoms with Crippen LogP contribution in [0.1, 0.15) is 13.8 Å². The Labute approximate surface area is 107 Å². The van der Waals surface area contributed by atoms with Gasteiger partial charge in [0.1, 0.15) is 0 Å². The molecule has 0 spiro atoms. The fraction of sp³-hybridized carbons (Fsp3) is 1.00. The number of rotatable bonds is 8. The average Bonchev–Trinajstić information content (AvgIpc) is 2.22. The van der Waals surface area contributed by atoms with Crippen molar-refractivity contribution in [3.05, 3.63) is 0 Å². The van der Waals surface area contributed by atoms with Crippen molar-refractivity contribution >= 4 is 26.1 Å². The van der Waals surface area contributed by atoms with E-state index < -0.39 is 10.2 Å². The minimum atomic E-state index is -3.38. The third-order valence-electron chi connectivity index (χ3n) is 2.30. The number of nitrogens with zero attached hydrogens (tertiary/aromatic N) is 2. The normalized spacial score (nSPS) is 13.0. The van der Waals surface area contributed by atoms with E-state index in [0.717, 1.165) is 0 Å². The SMILES string of the molecule is COCCN(CCBr)S(=O)(=O)N(C)C(C)C. The first-order valence-corrected chi connectivity index (χ1v) is 7.67. The molecule has 0 amide bonds. The van der Waals surface area contributed by atoms with E-state index in [1.54, 1.807) is 14.2 Å². The monoisotopic (exact) mass is 316 g/mol. The van der Waals surface area contributed by atoms with E-state index in [-0.39, 0.29) is 6.04 Å². The van der Waals surface area contributed by atoms with Gasteiger partial charge >= 0.3 is 0 Å². The highest BCUT2D eigenvalue weighted by Gasteiger charge is 2.27. The van der Waals surface area contributed by atoms with E-state index in [2.05, 4.69) is 15.9 Å². The Morgan fingerprint density at radius 1 is 1.31 bits per heavy atom. The molecule has 0 aromatic carbocycles. The van der Waals surface area contributed by atoms with Crippen molar-refractivity contribution in [2.75, 3.05) is 39.2 Å². The van der Waals surface area contributed by atoms with Gasteiger partial charge < -0.3 is 4.74 Å². The summed E-state index contributed by atoms with van der Waals surface area (Å²) in [6.45, 7) is 4.92. The molecule has 0 aromatic rings. The number of ether oxygens (including phenoxy) is 1. The van der Waals surface area contributed by atoms with Crippen molar-refractivity contribution in [2.45, 2.75) is 19.9 Å². The topological polar surface area (TPSA) is 49.9 Å². The van der Waals surface area contributed by atoms with E-state index in [9.17, 15) is 8.42 Å². The fourth-order valence-electron chi connectivity index (χ4n) is 1.08. The molecule has 0 N–H and O–H groups in total. The van der Waals surface area contributed by atoms with Crippen LogP contribution < -0.4 is 0 Å². The van der Waals surface area contributed by atoms with Crippen LogP contribution in [0.4, 0.5) is 0 Å². The van der Waals surface area contributed by atoms with Crippen LogP contribution in [0.15, 0.2) is 0 Å². The molecule has 0 aliphatic rings. The van der Waals surface area contributed by atoms with Gasteiger partial charge in [-0.05, 0) is 13.8 Å². The second kappa shape index (κ2) is 7.60. The van der Waals surface area contributed by atoms with Gasteiger partial charge in [0, 0.05) is 38.6 Å². The zero-order chi connectivity index (χ0) is 12.8. The first-order chi connectivity index (χ1) is 7.37. The molecule has 5 nitrogen and oxygen atoms in total. The van der Waals surface area contributed by atoms with Crippen LogP contribution in [-0.4, -0.2) is 62.3 Å². The largest absolute Gasteiger partial charge is 0.383 e. The third-order valence-corrected chi connectivity index (χ3v) is 4.82. The second-order valence-electron chi connectivity index (χ2n) is 3.70. The van der Waals surface area contributed by atoms with Crippen molar-refractivity contribution < 1.29 is 13.2 Å². The van der Waals surface area contributed by atoms with Gasteiger partial charge in [0.05, 0.1) is 6.61 Å². The van der Waals surface area contributed by atoms with Gasteiger partial charge in [0.25, 0.3) is 10.2 Å². The zero-order valence-corrected chi connectivity index (χ0v) is 12.7. The predicted molar refractivity (Wildman–Crippen MR) is 69.1 cm³/mol. The number of hydrogen-bond donors (Lipinski definition) is 0. The summed E-state index contributed by atoms with van der Waals surface area (Å²) in [4.78, 5) is 0. The number of halogens is 1. The fourth-order valence-corrected chi connectivity index (χ4v) is 3.27. The smallest absolute Gasteiger partial charge is 0.282 e. The molecule has 0 aliphatic heterocycles. The maximum absolute atomic E-state index is 12.1. The quantitative estimate of drug-likeness (QED) is 0.626. The summed E-state index contributed by atoms with van der Waals surface area (Å²) in [5.41, 5.74) is 0. The molecule has 0 radical (unpaired) electrons. The summed E-state index contributed by atoms with van der Waals surface area (Å²) in [5, 5.41) is 0.613. The third kappa shape index (κ3) is 4.67. The Morgan fingerprint density at radius 3 is 2.25 bits per heavy atom. The van der Waals surface area contributed by atoms with Crippen molar-refractivity contribution in [3.8, 4) is 0 Å². The Bertz CT molecular complexity index is 282. The number of alkyl halides is 1. The van der Waals surface area contributed by atoms with Crippen LogP contribution in [0.2, 0.25) is 0 Å². The Hall–Kier alpha value is 0.310. The van der Waals surface area contributed by atoms with Gasteiger partial charge in [-0.3, -0.25) is 0 Å². The van der Waals surface area contributed by atoms with Crippen molar-refractivity contribution in [1.82, 2.24) is 8.61 Å². The molecule has 0 heterocycles. The molecule has 0 aromatic heterocycles. The average molecular weight is 317 g/mol. The molecule has 0 atom stereocenters. The van der Waals surface area contributed by atoms with E-state index in [4.69, 9.17) is 4.74 Å². The van der Waals surface area contributed by atoms with Crippen molar-refractivity contribution in [3.63, 3.8) is 0 Å². The van der Waals surface area contributed by atoms with E-state index >= 15 is 0 Å². The Kier molecular flexibility index (Phi) is 7.75. The van der Waals surface area contributed by atoms with Crippen molar-refractivity contribution in [2.24, 2.45) is 0 Å². The number of hydrogen-bond acceptors (Lipinski definition) is 3. The Balaban J connectivity index is 4.74. The molecule has 0 saturated heterocycles. The van der Waals surface area contributed by atoms with Gasteiger partial charge in [-0.1, -0.05) is 15.9 Å². The molecule has 0 saturated carbocycles. The lowest BCUT2D eigenvalue weighted by atomic mass is 10.4. The van der Waals surface area contributed by atoms with Crippen molar-refractivity contribution in [1.29, 1.82) is 0 Å². The van der Waals surface area contributed by atoms with Gasteiger partial charge in [-0.25, -0.2) is 0 Å². The minimum absolute atomic E-state index is 0.0506. The van der Waals surface area contributed by atoms with Crippen LogP contribution in [0.5, 0.6) is 0 Å². The standard InChI is InChI=1S/C9H21BrN2O3S/c1-9(2)11(3)16(13,14)12(6-5-10)7-8-15-4/h9H,5-8H2,1-4H3. The molecule has 0 aliphatic carbocycles. The molecule has 0 unspecified atom stereocenters. The lowest BCUT2D eigenvalue weighted by Crippen LogP contribution is -2.46. The summed E-state index contributed by atoms with van der Waals surface area (Å²) in [6.07, 6.45) is 0. The summed E-state index contributed by atoms with van der Waals surface area (Å²) < 4.78 is 32.0. The highest BCUT2D eigenvalue weighted by atomic mass is 79.9. The lowest BCUT2D eigenvalue weighted by molar-refractivity contribution is 0.177. The van der Waals surface area contributed by atoms with Gasteiger partial charge in [0.15, 0.2) is 0 Å². The molecule has 16 heavy (non-hydrogen) atoms. The molecule has 7 heteroatoms. The highest BCUT2D eigenvalue weighted by Crippen LogP contribution is 2.10. The second-order valence-corrected chi connectivity index (χ2v) is 6.48. The molecule has 0 bridgehead atoms. The number of methoxy groups -OCH3 is 1.